The molecule has 2 fully saturated rings. The van der Waals surface area contributed by atoms with Crippen molar-refractivity contribution in [1.29, 1.82) is 0 Å². The van der Waals surface area contributed by atoms with E-state index in [4.69, 9.17) is 11.5 Å². The van der Waals surface area contributed by atoms with Gasteiger partial charge in [-0.2, -0.15) is 4.31 Å². The van der Waals surface area contributed by atoms with Crippen LogP contribution in [0, 0.1) is 0 Å². The highest BCUT2D eigenvalue weighted by Crippen LogP contribution is 2.41. The van der Waals surface area contributed by atoms with Gasteiger partial charge in [-0.1, -0.05) is 0 Å². The van der Waals surface area contributed by atoms with Crippen LogP contribution in [0.25, 0.3) is 5.65 Å². The molecule has 1 aliphatic carbocycles. The number of sulfonamides is 1. The van der Waals surface area contributed by atoms with Gasteiger partial charge in [-0.15, -0.1) is 5.10 Å². The monoisotopic (exact) mass is 455 g/mol. The zero-order valence-electron chi connectivity index (χ0n) is 17.9. The lowest BCUT2D eigenvalue weighted by atomic mass is 9.81. The average molecular weight is 456 g/mol. The minimum absolute atomic E-state index is 0.233. The Bertz CT molecular complexity index is 1210. The van der Waals surface area contributed by atoms with Crippen LogP contribution in [-0.4, -0.2) is 46.5 Å². The largest absolute Gasteiger partial charge is 0.382 e. The molecule has 170 valence electrons. The van der Waals surface area contributed by atoms with Crippen molar-refractivity contribution in [3.8, 4) is 0 Å². The zero-order chi connectivity index (χ0) is 22.3. The van der Waals surface area contributed by atoms with Gasteiger partial charge in [-0.05, 0) is 68.7 Å². The minimum atomic E-state index is -3.44. The van der Waals surface area contributed by atoms with Crippen LogP contribution < -0.4 is 16.8 Å². The van der Waals surface area contributed by atoms with Gasteiger partial charge in [0.1, 0.15) is 5.82 Å². The molecule has 9 nitrogen and oxygen atoms in total. The number of nitrogens with two attached hydrogens (primary N) is 2. The fourth-order valence-electron chi connectivity index (χ4n) is 4.85. The smallest absolute Gasteiger partial charge is 0.243 e. The van der Waals surface area contributed by atoms with E-state index in [0.29, 0.717) is 29.5 Å². The summed E-state index contributed by atoms with van der Waals surface area (Å²) in [6, 6.07) is 7.13. The van der Waals surface area contributed by atoms with Crippen molar-refractivity contribution in [3.05, 3.63) is 42.2 Å². The third-order valence-corrected chi connectivity index (χ3v) is 8.53. The summed E-state index contributed by atoms with van der Waals surface area (Å²) >= 11 is 0. The second-order valence-electron chi connectivity index (χ2n) is 8.74. The fraction of sp³-hybridized carbons (Fsp3) is 0.455. The van der Waals surface area contributed by atoms with Gasteiger partial charge in [0, 0.05) is 42.8 Å². The zero-order valence-corrected chi connectivity index (χ0v) is 18.8. The number of rotatable bonds is 5. The number of imidazole rings is 1. The molecule has 0 unspecified atom stereocenters. The molecule has 1 saturated heterocycles. The van der Waals surface area contributed by atoms with Crippen molar-refractivity contribution in [2.24, 2.45) is 5.73 Å². The Morgan fingerprint density at radius 1 is 1.03 bits per heavy atom. The molecule has 32 heavy (non-hydrogen) atoms. The van der Waals surface area contributed by atoms with Gasteiger partial charge in [0.05, 0.1) is 10.6 Å². The quantitative estimate of drug-likeness (QED) is 0.539. The fourth-order valence-corrected chi connectivity index (χ4v) is 6.37. The van der Waals surface area contributed by atoms with Gasteiger partial charge < -0.3 is 16.8 Å². The highest BCUT2D eigenvalue weighted by molar-refractivity contribution is 7.89. The molecule has 2 aromatic heterocycles. The first-order chi connectivity index (χ1) is 15.4. The van der Waals surface area contributed by atoms with Crippen LogP contribution in [0.15, 0.2) is 41.6 Å². The van der Waals surface area contributed by atoms with E-state index in [2.05, 4.69) is 15.4 Å². The molecular formula is C22H29N7O2S. The molecule has 10 heteroatoms. The van der Waals surface area contributed by atoms with Crippen LogP contribution in [0.4, 0.5) is 17.2 Å². The molecular weight excluding hydrogens is 426 g/mol. The van der Waals surface area contributed by atoms with Crippen LogP contribution >= 0.6 is 0 Å². The molecule has 3 aromatic rings. The van der Waals surface area contributed by atoms with Crippen LogP contribution in [-0.2, 0) is 10.0 Å². The molecule has 0 spiro atoms. The Morgan fingerprint density at radius 3 is 2.41 bits per heavy atom. The molecule has 1 saturated carbocycles. The highest BCUT2D eigenvalue weighted by Gasteiger charge is 2.28. The lowest BCUT2D eigenvalue weighted by molar-refractivity contribution is 0.396. The van der Waals surface area contributed by atoms with Gasteiger partial charge in [-0.3, -0.25) is 0 Å². The molecule has 0 bridgehead atoms. The van der Waals surface area contributed by atoms with Crippen LogP contribution in [0.5, 0.6) is 0 Å². The average Bonchev–Trinajstić information content (AvgIpc) is 3.48. The number of nitrogens with zero attached hydrogens (tertiary/aromatic N) is 4. The third-order valence-electron chi connectivity index (χ3n) is 6.61. The highest BCUT2D eigenvalue weighted by atomic mass is 32.2. The normalized spacial score (nSPS) is 22.4. The van der Waals surface area contributed by atoms with Crippen LogP contribution in [0.3, 0.4) is 0 Å². The first-order valence-electron chi connectivity index (χ1n) is 11.2. The third kappa shape index (κ3) is 3.82. The number of benzene rings is 1. The summed E-state index contributed by atoms with van der Waals surface area (Å²) in [5, 5.41) is 7.95. The molecule has 0 radical (unpaired) electrons. The van der Waals surface area contributed by atoms with E-state index in [9.17, 15) is 8.42 Å². The second kappa shape index (κ2) is 8.34. The summed E-state index contributed by atoms with van der Waals surface area (Å²) in [4.78, 5) is 4.80. The summed E-state index contributed by atoms with van der Waals surface area (Å²) in [6.07, 6.45) is 9.09. The lowest BCUT2D eigenvalue weighted by Gasteiger charge is -2.28. The maximum atomic E-state index is 12.8. The summed E-state index contributed by atoms with van der Waals surface area (Å²) in [5.41, 5.74) is 15.8. The van der Waals surface area contributed by atoms with E-state index < -0.39 is 10.0 Å². The molecule has 2 aliphatic rings. The Balaban J connectivity index is 1.48. The summed E-state index contributed by atoms with van der Waals surface area (Å²) < 4.78 is 28.9. The van der Waals surface area contributed by atoms with Crippen molar-refractivity contribution >= 4 is 32.9 Å². The Kier molecular flexibility index (Phi) is 5.52. The van der Waals surface area contributed by atoms with Crippen molar-refractivity contribution in [2.45, 2.75) is 55.4 Å². The SMILES string of the molecule is Nc1nn2ccnc2c(Nc2ccc(S(=O)(=O)N3CCCC3)cc2)c1[C@H]1CC[C@H](N)CC1. The Morgan fingerprint density at radius 2 is 1.72 bits per heavy atom. The molecule has 1 aromatic carbocycles. The van der Waals surface area contributed by atoms with E-state index in [0.717, 1.165) is 55.5 Å². The predicted octanol–water partition coefficient (Wildman–Crippen LogP) is 2.82. The van der Waals surface area contributed by atoms with Gasteiger partial charge in [-0.25, -0.2) is 17.9 Å². The number of nitrogen functional groups attached to an aromatic ring is 1. The van der Waals surface area contributed by atoms with E-state index in [-0.39, 0.29) is 12.0 Å². The number of hydrogen-bond donors (Lipinski definition) is 3. The summed E-state index contributed by atoms with van der Waals surface area (Å²) in [6.45, 7) is 1.18. The van der Waals surface area contributed by atoms with Crippen molar-refractivity contribution in [2.75, 3.05) is 24.1 Å². The van der Waals surface area contributed by atoms with E-state index in [1.165, 1.54) is 0 Å². The molecule has 0 amide bonds. The van der Waals surface area contributed by atoms with Gasteiger partial charge in [0.15, 0.2) is 5.65 Å². The van der Waals surface area contributed by atoms with Crippen molar-refractivity contribution in [3.63, 3.8) is 0 Å². The standard InChI is InChI=1S/C22H29N7O2S/c23-16-5-3-15(4-6-16)19-20(22-25-11-14-29(22)27-21(19)24)26-17-7-9-18(10-8-17)32(30,31)28-12-1-2-13-28/h7-11,14-16,26H,1-6,12-13,23H2,(H2,24,27)/t15-,16-. The first kappa shape index (κ1) is 21.2. The Hall–Kier alpha value is -2.69. The summed E-state index contributed by atoms with van der Waals surface area (Å²) in [5.74, 6) is 0.730. The lowest BCUT2D eigenvalue weighted by Crippen LogP contribution is -2.27. The molecule has 3 heterocycles. The van der Waals surface area contributed by atoms with E-state index in [1.807, 2.05) is 0 Å². The summed E-state index contributed by atoms with van der Waals surface area (Å²) in [7, 11) is -3.44. The maximum Gasteiger partial charge on any atom is 0.243 e. The van der Waals surface area contributed by atoms with Crippen LogP contribution in [0.2, 0.25) is 0 Å². The second-order valence-corrected chi connectivity index (χ2v) is 10.7. The van der Waals surface area contributed by atoms with Gasteiger partial charge in [0.2, 0.25) is 10.0 Å². The number of hydrogen-bond acceptors (Lipinski definition) is 7. The van der Waals surface area contributed by atoms with E-state index >= 15 is 0 Å². The maximum absolute atomic E-state index is 12.8. The number of fused-ring (bicyclic) bond motifs is 1. The molecule has 5 rings (SSSR count). The Labute approximate surface area is 187 Å². The van der Waals surface area contributed by atoms with Crippen molar-refractivity contribution in [1.82, 2.24) is 18.9 Å². The first-order valence-corrected chi connectivity index (χ1v) is 12.6. The number of nitrogens with one attached hydrogen (secondary N) is 1. The predicted molar refractivity (Wildman–Crippen MR) is 124 cm³/mol. The van der Waals surface area contributed by atoms with Gasteiger partial charge >= 0.3 is 0 Å². The number of anilines is 3. The number of aromatic nitrogens is 3. The van der Waals surface area contributed by atoms with Crippen LogP contribution in [0.1, 0.15) is 50.0 Å². The molecule has 1 aliphatic heterocycles. The minimum Gasteiger partial charge on any atom is -0.382 e. The van der Waals surface area contributed by atoms with Crippen molar-refractivity contribution < 1.29 is 8.42 Å². The van der Waals surface area contributed by atoms with Gasteiger partial charge in [0.25, 0.3) is 0 Å². The molecule has 0 atom stereocenters. The van der Waals surface area contributed by atoms with E-state index in [1.54, 1.807) is 45.5 Å². The topological polar surface area (TPSA) is 132 Å². The molecule has 5 N–H and O–H groups in total.